The van der Waals surface area contributed by atoms with Gasteiger partial charge in [0.1, 0.15) is 6.04 Å². The Morgan fingerprint density at radius 2 is 2.11 bits per heavy atom. The number of nitrogens with one attached hydrogen (secondary N) is 1. The fourth-order valence-electron chi connectivity index (χ4n) is 2.82. The summed E-state index contributed by atoms with van der Waals surface area (Å²) in [6, 6.07) is 7.46. The maximum absolute atomic E-state index is 13.0. The molecule has 1 atom stereocenters. The van der Waals surface area contributed by atoms with Gasteiger partial charge in [-0.05, 0) is 25.0 Å². The molecule has 0 radical (unpaired) electrons. The molecule has 1 fully saturated rings. The number of rotatable bonds is 7. The van der Waals surface area contributed by atoms with Crippen LogP contribution in [0.4, 0.5) is 5.13 Å². The van der Waals surface area contributed by atoms with Crippen LogP contribution in [0.25, 0.3) is 0 Å². The van der Waals surface area contributed by atoms with Gasteiger partial charge in [-0.1, -0.05) is 53.8 Å². The number of piperidine rings is 1. The van der Waals surface area contributed by atoms with Crippen molar-refractivity contribution in [1.82, 2.24) is 14.5 Å². The average molecular weight is 425 g/mol. The van der Waals surface area contributed by atoms with Crippen molar-refractivity contribution >= 4 is 44.2 Å². The third-order valence-electron chi connectivity index (χ3n) is 4.07. The van der Waals surface area contributed by atoms with Crippen LogP contribution < -0.4 is 5.32 Å². The Labute approximate surface area is 166 Å². The van der Waals surface area contributed by atoms with Gasteiger partial charge in [-0.3, -0.25) is 10.1 Å². The van der Waals surface area contributed by atoms with Crippen LogP contribution in [-0.4, -0.2) is 47.2 Å². The van der Waals surface area contributed by atoms with E-state index in [1.165, 1.54) is 27.4 Å². The van der Waals surface area contributed by atoms with Crippen LogP contribution in [0.5, 0.6) is 0 Å². The molecule has 1 aromatic carbocycles. The maximum Gasteiger partial charge on any atom is 0.244 e. The zero-order chi connectivity index (χ0) is 19.3. The van der Waals surface area contributed by atoms with E-state index in [0.29, 0.717) is 23.8 Å². The lowest BCUT2D eigenvalue weighted by atomic mass is 10.0. The Morgan fingerprint density at radius 1 is 1.33 bits per heavy atom. The fourth-order valence-corrected chi connectivity index (χ4v) is 6.01. The molecule has 10 heteroatoms. The molecule has 1 aromatic heterocycles. The van der Waals surface area contributed by atoms with Crippen molar-refractivity contribution in [1.29, 1.82) is 0 Å². The summed E-state index contributed by atoms with van der Waals surface area (Å²) in [7, 11) is -3.73. The first kappa shape index (κ1) is 20.0. The molecule has 0 aliphatic carbocycles. The van der Waals surface area contributed by atoms with E-state index in [1.807, 2.05) is 0 Å². The van der Waals surface area contributed by atoms with Gasteiger partial charge in [0.15, 0.2) is 4.34 Å². The second-order valence-corrected chi connectivity index (χ2v) is 10.0. The van der Waals surface area contributed by atoms with Crippen molar-refractivity contribution < 1.29 is 13.2 Å². The smallest absolute Gasteiger partial charge is 0.244 e. The monoisotopic (exact) mass is 424 g/mol. The Bertz CT molecular complexity index is 899. The zero-order valence-electron chi connectivity index (χ0n) is 14.6. The topological polar surface area (TPSA) is 92.3 Å². The van der Waals surface area contributed by atoms with Gasteiger partial charge in [0.25, 0.3) is 0 Å². The predicted molar refractivity (Wildman–Crippen MR) is 107 cm³/mol. The second-order valence-electron chi connectivity index (χ2n) is 5.90. The number of aromatic nitrogens is 2. The molecular formula is C17H20N4O3S3. The molecule has 0 unspecified atom stereocenters. The number of hydrogen-bond acceptors (Lipinski definition) is 7. The summed E-state index contributed by atoms with van der Waals surface area (Å²) in [4.78, 5) is 13.0. The van der Waals surface area contributed by atoms with Gasteiger partial charge in [-0.15, -0.1) is 16.8 Å². The van der Waals surface area contributed by atoms with Gasteiger partial charge in [-0.2, -0.15) is 4.31 Å². The summed E-state index contributed by atoms with van der Waals surface area (Å²) < 4.78 is 28.0. The van der Waals surface area contributed by atoms with Crippen LogP contribution in [0.3, 0.4) is 0 Å². The number of carbonyl (C=O) groups excluding carboxylic acids is 1. The summed E-state index contributed by atoms with van der Waals surface area (Å²) in [6.45, 7) is 3.98. The molecule has 2 aromatic rings. The van der Waals surface area contributed by atoms with Gasteiger partial charge in [0, 0.05) is 12.3 Å². The molecule has 144 valence electrons. The number of anilines is 1. The summed E-state index contributed by atoms with van der Waals surface area (Å²) in [6.07, 6.45) is 3.78. The first-order valence-electron chi connectivity index (χ1n) is 8.47. The highest BCUT2D eigenvalue weighted by Crippen LogP contribution is 2.28. The van der Waals surface area contributed by atoms with Gasteiger partial charge < -0.3 is 0 Å². The fraction of sp³-hybridized carbons (Fsp3) is 0.353. The van der Waals surface area contributed by atoms with Crippen molar-refractivity contribution in [2.45, 2.75) is 34.5 Å². The van der Waals surface area contributed by atoms with Crippen LogP contribution in [-0.2, 0) is 14.8 Å². The van der Waals surface area contributed by atoms with Crippen LogP contribution in [0.15, 0.2) is 52.2 Å². The molecule has 1 N–H and O–H groups in total. The third kappa shape index (κ3) is 4.75. The van der Waals surface area contributed by atoms with Crippen LogP contribution >= 0.6 is 23.1 Å². The predicted octanol–water partition coefficient (Wildman–Crippen LogP) is 3.00. The number of carbonyl (C=O) groups is 1. The summed E-state index contributed by atoms with van der Waals surface area (Å²) in [5.41, 5.74) is 0. The number of hydrogen-bond donors (Lipinski definition) is 1. The molecule has 1 aliphatic heterocycles. The van der Waals surface area contributed by atoms with Crippen molar-refractivity contribution in [2.24, 2.45) is 0 Å². The first-order chi connectivity index (χ1) is 13.0. The summed E-state index contributed by atoms with van der Waals surface area (Å²) in [5.74, 6) is 0.333. The number of sulfonamides is 1. The van der Waals surface area contributed by atoms with Crippen LogP contribution in [0.1, 0.15) is 19.3 Å². The first-order valence-corrected chi connectivity index (χ1v) is 11.7. The molecule has 1 saturated heterocycles. The van der Waals surface area contributed by atoms with E-state index in [0.717, 1.165) is 17.2 Å². The van der Waals surface area contributed by atoms with Gasteiger partial charge in [0.05, 0.1) is 4.90 Å². The molecule has 27 heavy (non-hydrogen) atoms. The van der Waals surface area contributed by atoms with Crippen molar-refractivity contribution in [2.75, 3.05) is 17.6 Å². The molecule has 3 rings (SSSR count). The van der Waals surface area contributed by atoms with E-state index in [1.54, 1.807) is 36.4 Å². The Hall–Kier alpha value is -1.75. The minimum absolute atomic E-state index is 0.198. The minimum atomic E-state index is -3.73. The highest BCUT2D eigenvalue weighted by atomic mass is 32.2. The number of nitrogens with zero attached hydrogens (tertiary/aromatic N) is 3. The van der Waals surface area contributed by atoms with E-state index in [-0.39, 0.29) is 10.8 Å². The standard InChI is InChI=1S/C17H20N4O3S3/c1-2-12-25-17-20-19-16(26-17)18-15(22)14-10-6-7-11-21(14)27(23,24)13-8-4-3-5-9-13/h2-5,8-9,14H,1,6-7,10-12H2,(H,18,19,22)/t14-/m1/s1. The highest BCUT2D eigenvalue weighted by molar-refractivity contribution is 8.01. The number of amides is 1. The van der Waals surface area contributed by atoms with Gasteiger partial charge in [0.2, 0.25) is 21.1 Å². The number of thioether (sulfide) groups is 1. The van der Waals surface area contributed by atoms with E-state index in [4.69, 9.17) is 0 Å². The van der Waals surface area contributed by atoms with Crippen LogP contribution in [0, 0.1) is 0 Å². The largest absolute Gasteiger partial charge is 0.299 e. The lowest BCUT2D eigenvalue weighted by Gasteiger charge is -2.33. The van der Waals surface area contributed by atoms with Crippen molar-refractivity contribution in [3.63, 3.8) is 0 Å². The number of benzene rings is 1. The Kier molecular flexibility index (Phi) is 6.64. The van der Waals surface area contributed by atoms with E-state index < -0.39 is 16.1 Å². The molecule has 1 amide bonds. The average Bonchev–Trinajstić information content (AvgIpc) is 3.14. The van der Waals surface area contributed by atoms with Crippen molar-refractivity contribution in [3.8, 4) is 0 Å². The molecular weight excluding hydrogens is 404 g/mol. The second kappa shape index (κ2) is 8.96. The van der Waals surface area contributed by atoms with E-state index in [9.17, 15) is 13.2 Å². The maximum atomic E-state index is 13.0. The molecule has 0 saturated carbocycles. The lowest BCUT2D eigenvalue weighted by molar-refractivity contribution is -0.120. The summed E-state index contributed by atoms with van der Waals surface area (Å²) in [5, 5.41) is 11.1. The van der Waals surface area contributed by atoms with Gasteiger partial charge >= 0.3 is 0 Å². The SMILES string of the molecule is C=CCSc1nnc(NC(=O)[C@H]2CCCCN2S(=O)(=O)c2ccccc2)s1. The normalized spacial score (nSPS) is 18.1. The highest BCUT2D eigenvalue weighted by Gasteiger charge is 2.37. The van der Waals surface area contributed by atoms with Crippen molar-refractivity contribution in [3.05, 3.63) is 43.0 Å². The minimum Gasteiger partial charge on any atom is -0.299 e. The quantitative estimate of drug-likeness (QED) is 0.417. The molecule has 1 aliphatic rings. The molecule has 7 nitrogen and oxygen atoms in total. The summed E-state index contributed by atoms with van der Waals surface area (Å²) >= 11 is 2.74. The third-order valence-corrected chi connectivity index (χ3v) is 7.96. The molecule has 0 spiro atoms. The van der Waals surface area contributed by atoms with E-state index in [2.05, 4.69) is 22.1 Å². The Balaban J connectivity index is 1.76. The van der Waals surface area contributed by atoms with E-state index >= 15 is 0 Å². The van der Waals surface area contributed by atoms with Crippen LogP contribution in [0.2, 0.25) is 0 Å². The lowest BCUT2D eigenvalue weighted by Crippen LogP contribution is -2.49. The molecule has 0 bridgehead atoms. The zero-order valence-corrected chi connectivity index (χ0v) is 17.0. The Morgan fingerprint density at radius 3 is 2.85 bits per heavy atom. The van der Waals surface area contributed by atoms with Gasteiger partial charge in [-0.25, -0.2) is 8.42 Å². The molecule has 2 heterocycles.